The number of thiazole rings is 1. The van der Waals surface area contributed by atoms with Crippen molar-refractivity contribution in [2.75, 3.05) is 18.9 Å². The summed E-state index contributed by atoms with van der Waals surface area (Å²) in [6.45, 7) is 1.94. The average molecular weight is 490 g/mol. The highest BCUT2D eigenvalue weighted by atomic mass is 79.9. The summed E-state index contributed by atoms with van der Waals surface area (Å²) in [6.07, 6.45) is 0. The van der Waals surface area contributed by atoms with Gasteiger partial charge in [-0.15, -0.1) is 23.1 Å². The van der Waals surface area contributed by atoms with Crippen LogP contribution in [0, 0.1) is 6.92 Å². The fourth-order valence-corrected chi connectivity index (χ4v) is 4.68. The van der Waals surface area contributed by atoms with Crippen LogP contribution < -0.4 is 5.32 Å². The Morgan fingerprint density at radius 3 is 2.62 bits per heavy atom. The largest absolute Gasteiger partial charge is 0.332 e. The summed E-state index contributed by atoms with van der Waals surface area (Å²) in [5, 5.41) is 5.88. The Morgan fingerprint density at radius 2 is 1.90 bits per heavy atom. The number of anilines is 1. The number of aryl methyl sites for hydroxylation is 1. The van der Waals surface area contributed by atoms with Crippen LogP contribution in [0.1, 0.15) is 21.1 Å². The van der Waals surface area contributed by atoms with E-state index in [9.17, 15) is 9.59 Å². The van der Waals surface area contributed by atoms with E-state index in [1.165, 1.54) is 4.90 Å². The van der Waals surface area contributed by atoms with E-state index >= 15 is 0 Å². The Balaban J connectivity index is 1.64. The molecule has 0 radical (unpaired) electrons. The first-order chi connectivity index (χ1) is 13.9. The third-order valence-corrected chi connectivity index (χ3v) is 6.66. The number of amides is 2. The maximum Gasteiger partial charge on any atom is 0.255 e. The lowest BCUT2D eigenvalue weighted by Crippen LogP contribution is -2.35. The smallest absolute Gasteiger partial charge is 0.255 e. The van der Waals surface area contributed by atoms with Gasteiger partial charge in [0.1, 0.15) is 0 Å². The van der Waals surface area contributed by atoms with Crippen LogP contribution in [-0.2, 0) is 10.5 Å². The van der Waals surface area contributed by atoms with Crippen LogP contribution >= 0.6 is 39.0 Å². The molecule has 29 heavy (non-hydrogen) atoms. The number of thioether (sulfide) groups is 1. The number of para-hydroxylation sites is 1. The summed E-state index contributed by atoms with van der Waals surface area (Å²) in [4.78, 5) is 32.1. The molecule has 0 atom stereocenters. The topological polar surface area (TPSA) is 62.3 Å². The fraction of sp³-hybridized carbons (Fsp3) is 0.190. The summed E-state index contributed by atoms with van der Waals surface area (Å²) < 4.78 is 0.793. The van der Waals surface area contributed by atoms with Crippen LogP contribution in [0.5, 0.6) is 0 Å². The van der Waals surface area contributed by atoms with Crippen LogP contribution in [0.15, 0.2) is 63.3 Å². The van der Waals surface area contributed by atoms with E-state index < -0.39 is 0 Å². The maximum atomic E-state index is 12.9. The fourth-order valence-electron chi connectivity index (χ4n) is 2.64. The van der Waals surface area contributed by atoms with Gasteiger partial charge in [-0.2, -0.15) is 0 Å². The van der Waals surface area contributed by atoms with Gasteiger partial charge in [0, 0.05) is 27.5 Å². The van der Waals surface area contributed by atoms with Gasteiger partial charge in [-0.3, -0.25) is 9.59 Å². The Labute approximate surface area is 186 Å². The zero-order valence-electron chi connectivity index (χ0n) is 16.0. The first-order valence-electron chi connectivity index (χ1n) is 8.86. The number of hydrogen-bond acceptors (Lipinski definition) is 5. The van der Waals surface area contributed by atoms with Crippen molar-refractivity contribution in [2.24, 2.45) is 0 Å². The van der Waals surface area contributed by atoms with Gasteiger partial charge in [-0.25, -0.2) is 4.98 Å². The Bertz CT molecular complexity index is 1020. The van der Waals surface area contributed by atoms with Crippen molar-refractivity contribution in [3.63, 3.8) is 0 Å². The number of rotatable bonds is 7. The minimum absolute atomic E-state index is 0.0373. The molecule has 5 nitrogen and oxygen atoms in total. The van der Waals surface area contributed by atoms with Crippen molar-refractivity contribution >= 4 is 56.5 Å². The van der Waals surface area contributed by atoms with Crippen molar-refractivity contribution in [2.45, 2.75) is 17.6 Å². The molecule has 0 unspecified atom stereocenters. The van der Waals surface area contributed by atoms with Crippen LogP contribution in [0.25, 0.3) is 0 Å². The molecule has 0 spiro atoms. The normalized spacial score (nSPS) is 10.6. The van der Waals surface area contributed by atoms with Crippen LogP contribution in [0.2, 0.25) is 0 Å². The minimum atomic E-state index is -0.254. The summed E-state index contributed by atoms with van der Waals surface area (Å²) in [7, 11) is 1.63. The third-order valence-electron chi connectivity index (χ3n) is 4.04. The van der Waals surface area contributed by atoms with Crippen LogP contribution in [0.3, 0.4) is 0 Å². The number of carbonyl (C=O) groups excluding carboxylic acids is 2. The molecule has 150 valence electrons. The SMILES string of the molecule is Cc1nc(CSc2ccccc2C(=O)N(C)CC(=O)Nc2ccccc2Br)cs1. The number of hydrogen-bond donors (Lipinski definition) is 1. The lowest BCUT2D eigenvalue weighted by molar-refractivity contribution is -0.116. The van der Waals surface area contributed by atoms with E-state index in [4.69, 9.17) is 0 Å². The standard InChI is InChI=1S/C21H20BrN3O2S2/c1-14-23-15(12-28-14)13-29-19-10-6-3-7-16(19)21(27)25(2)11-20(26)24-18-9-5-4-8-17(18)22/h3-10,12H,11,13H2,1-2H3,(H,24,26). The number of aromatic nitrogens is 1. The second kappa shape index (κ2) is 10.0. The molecule has 3 aromatic rings. The Morgan fingerprint density at radius 1 is 1.17 bits per heavy atom. The highest BCUT2D eigenvalue weighted by molar-refractivity contribution is 9.10. The van der Waals surface area contributed by atoms with Crippen molar-refractivity contribution < 1.29 is 9.59 Å². The molecule has 0 aliphatic carbocycles. The number of halogens is 1. The second-order valence-electron chi connectivity index (χ2n) is 6.33. The summed E-state index contributed by atoms with van der Waals surface area (Å²) in [5.74, 6) is 0.251. The maximum absolute atomic E-state index is 12.9. The van der Waals surface area contributed by atoms with Crippen molar-refractivity contribution in [1.82, 2.24) is 9.88 Å². The molecule has 8 heteroatoms. The zero-order valence-corrected chi connectivity index (χ0v) is 19.2. The molecule has 3 rings (SSSR count). The van der Waals surface area contributed by atoms with Gasteiger partial charge < -0.3 is 10.2 Å². The van der Waals surface area contributed by atoms with E-state index in [-0.39, 0.29) is 18.4 Å². The van der Waals surface area contributed by atoms with E-state index in [1.54, 1.807) is 42.3 Å². The molecule has 0 aliphatic rings. The van der Waals surface area contributed by atoms with Gasteiger partial charge in [-0.1, -0.05) is 24.3 Å². The minimum Gasteiger partial charge on any atom is -0.332 e. The molecule has 1 aromatic heterocycles. The van der Waals surface area contributed by atoms with Gasteiger partial charge in [0.05, 0.1) is 28.5 Å². The zero-order chi connectivity index (χ0) is 20.8. The molecule has 1 heterocycles. The average Bonchev–Trinajstić information content (AvgIpc) is 3.13. The van der Waals surface area contributed by atoms with E-state index in [0.29, 0.717) is 17.0 Å². The first kappa shape index (κ1) is 21.5. The van der Waals surface area contributed by atoms with Crippen LogP contribution in [-0.4, -0.2) is 35.3 Å². The van der Waals surface area contributed by atoms with Crippen LogP contribution in [0.4, 0.5) is 5.69 Å². The molecule has 0 saturated carbocycles. The molecule has 2 aromatic carbocycles. The lowest BCUT2D eigenvalue weighted by Gasteiger charge is -2.19. The molecule has 2 amide bonds. The summed E-state index contributed by atoms with van der Waals surface area (Å²) in [6, 6.07) is 14.8. The molecule has 0 saturated heterocycles. The van der Waals surface area contributed by atoms with Gasteiger partial charge >= 0.3 is 0 Å². The second-order valence-corrected chi connectivity index (χ2v) is 9.27. The first-order valence-corrected chi connectivity index (χ1v) is 11.5. The molecule has 0 aliphatic heterocycles. The summed E-state index contributed by atoms with van der Waals surface area (Å²) >= 11 is 6.59. The predicted octanol–water partition coefficient (Wildman–Crippen LogP) is 5.22. The summed E-state index contributed by atoms with van der Waals surface area (Å²) in [5.41, 5.74) is 2.26. The number of nitrogens with zero attached hydrogens (tertiary/aromatic N) is 2. The highest BCUT2D eigenvalue weighted by Gasteiger charge is 2.18. The van der Waals surface area contributed by atoms with Crippen molar-refractivity contribution in [3.8, 4) is 0 Å². The highest BCUT2D eigenvalue weighted by Crippen LogP contribution is 2.27. The van der Waals surface area contributed by atoms with Gasteiger partial charge in [0.15, 0.2) is 0 Å². The molecule has 1 N–H and O–H groups in total. The number of benzene rings is 2. The third kappa shape index (κ3) is 5.91. The number of carbonyl (C=O) groups is 2. The molecular weight excluding hydrogens is 470 g/mol. The van der Waals surface area contributed by atoms with Gasteiger partial charge in [-0.05, 0) is 47.1 Å². The predicted molar refractivity (Wildman–Crippen MR) is 123 cm³/mol. The van der Waals surface area contributed by atoms with E-state index in [1.807, 2.05) is 48.7 Å². The molecule has 0 fully saturated rings. The van der Waals surface area contributed by atoms with Crippen molar-refractivity contribution in [1.29, 1.82) is 0 Å². The molecule has 0 bridgehead atoms. The van der Waals surface area contributed by atoms with E-state index in [0.717, 1.165) is 20.1 Å². The Kier molecular flexibility index (Phi) is 7.46. The number of nitrogens with one attached hydrogen (secondary N) is 1. The lowest BCUT2D eigenvalue weighted by atomic mass is 10.2. The van der Waals surface area contributed by atoms with Gasteiger partial charge in [0.2, 0.25) is 5.91 Å². The van der Waals surface area contributed by atoms with Crippen molar-refractivity contribution in [3.05, 3.63) is 74.6 Å². The molecular formula is C21H20BrN3O2S2. The number of likely N-dealkylation sites (N-methyl/N-ethyl adjacent to an activating group) is 1. The Hall–Kier alpha value is -2.16. The quantitative estimate of drug-likeness (QED) is 0.462. The monoisotopic (exact) mass is 489 g/mol. The van der Waals surface area contributed by atoms with E-state index in [2.05, 4.69) is 26.2 Å². The van der Waals surface area contributed by atoms with Gasteiger partial charge in [0.25, 0.3) is 5.91 Å².